The summed E-state index contributed by atoms with van der Waals surface area (Å²) >= 11 is 0. The van der Waals surface area contributed by atoms with E-state index in [1.165, 1.54) is 51.3 Å². The zero-order valence-electron chi connectivity index (χ0n) is 16.2. The molecule has 0 N–H and O–H groups in total. The number of pyridine rings is 1. The number of aryl methyl sites for hydroxylation is 1. The van der Waals surface area contributed by atoms with Gasteiger partial charge in [-0.3, -0.25) is 0 Å². The summed E-state index contributed by atoms with van der Waals surface area (Å²) in [6.45, 7) is 2.15. The summed E-state index contributed by atoms with van der Waals surface area (Å²) < 4.78 is 2.49. The molecule has 1 aromatic heterocycles. The molecule has 0 amide bonds. The quantitative estimate of drug-likeness (QED) is 0.388. The zero-order chi connectivity index (χ0) is 18.9. The third-order valence-electron chi connectivity index (χ3n) is 5.75. The Morgan fingerprint density at radius 2 is 1.32 bits per heavy atom. The minimum absolute atomic E-state index is 1.13. The molecule has 0 unspecified atom stereocenters. The van der Waals surface area contributed by atoms with Crippen molar-refractivity contribution in [2.75, 3.05) is 0 Å². The first-order valence-electron chi connectivity index (χ1n) is 10.1. The van der Waals surface area contributed by atoms with E-state index in [0.717, 1.165) is 12.8 Å². The van der Waals surface area contributed by atoms with Crippen LogP contribution in [0.4, 0.5) is 0 Å². The van der Waals surface area contributed by atoms with Gasteiger partial charge >= 0.3 is 0 Å². The van der Waals surface area contributed by atoms with E-state index in [1.807, 2.05) is 0 Å². The smallest absolute Gasteiger partial charge is 0.157 e. The summed E-state index contributed by atoms with van der Waals surface area (Å²) in [5.41, 5.74) is 10.7. The molecule has 0 atom stereocenters. The summed E-state index contributed by atoms with van der Waals surface area (Å²) in [6, 6.07) is 33.0. The lowest BCUT2D eigenvalue weighted by Crippen LogP contribution is -2.38. The number of rotatable bonds is 3. The molecule has 136 valence electrons. The van der Waals surface area contributed by atoms with Crippen LogP contribution in [0.2, 0.25) is 0 Å². The molecule has 28 heavy (non-hydrogen) atoms. The molecule has 4 aromatic rings. The fourth-order valence-electron chi connectivity index (χ4n) is 4.38. The van der Waals surface area contributed by atoms with Crippen molar-refractivity contribution in [3.05, 3.63) is 108 Å². The van der Waals surface area contributed by atoms with Crippen molar-refractivity contribution >= 4 is 0 Å². The number of benzene rings is 3. The van der Waals surface area contributed by atoms with Gasteiger partial charge in [0.25, 0.3) is 0 Å². The first kappa shape index (κ1) is 16.9. The third-order valence-corrected chi connectivity index (χ3v) is 5.75. The van der Waals surface area contributed by atoms with Crippen molar-refractivity contribution in [2.45, 2.75) is 26.2 Å². The lowest BCUT2D eigenvalue weighted by molar-refractivity contribution is -0.592. The molecular weight excluding hydrogens is 338 g/mol. The predicted octanol–water partition coefficient (Wildman–Crippen LogP) is 6.09. The Morgan fingerprint density at radius 1 is 0.679 bits per heavy atom. The lowest BCUT2D eigenvalue weighted by Gasteiger charge is -2.13. The highest BCUT2D eigenvalue weighted by molar-refractivity contribution is 5.73. The first-order valence-corrected chi connectivity index (χ1v) is 10.1. The molecule has 1 nitrogen and oxygen atoms in total. The maximum absolute atomic E-state index is 2.49. The average molecular weight is 362 g/mol. The van der Waals surface area contributed by atoms with Crippen LogP contribution in [0.1, 0.15) is 23.2 Å². The molecule has 1 heterocycles. The zero-order valence-corrected chi connectivity index (χ0v) is 16.2. The van der Waals surface area contributed by atoms with Gasteiger partial charge in [0, 0.05) is 35.7 Å². The molecular formula is C27H24N+. The van der Waals surface area contributed by atoms with Crippen molar-refractivity contribution < 1.29 is 4.57 Å². The largest absolute Gasteiger partial charge is 0.219 e. The standard InChI is InChI=1S/C27H24N/c1-20-15-17-23(18-16-20)28-26-14-8-13-24(26)25(21-9-4-2-5-10-21)19-27(28)22-11-6-3-7-12-22/h2-7,9-12,15-19H,8,13-14H2,1H3/q+1. The van der Waals surface area contributed by atoms with Gasteiger partial charge in [0.1, 0.15) is 0 Å². The number of fused-ring (bicyclic) bond motifs is 1. The van der Waals surface area contributed by atoms with Crippen LogP contribution in [0.5, 0.6) is 0 Å². The van der Waals surface area contributed by atoms with Crippen LogP contribution in [-0.2, 0) is 12.8 Å². The van der Waals surface area contributed by atoms with Gasteiger partial charge in [0.15, 0.2) is 5.69 Å². The van der Waals surface area contributed by atoms with Gasteiger partial charge < -0.3 is 0 Å². The maximum Gasteiger partial charge on any atom is 0.219 e. The fourth-order valence-corrected chi connectivity index (χ4v) is 4.38. The monoisotopic (exact) mass is 362 g/mol. The van der Waals surface area contributed by atoms with Gasteiger partial charge in [-0.25, -0.2) is 0 Å². The van der Waals surface area contributed by atoms with Crippen LogP contribution in [0.25, 0.3) is 28.1 Å². The van der Waals surface area contributed by atoms with Crippen LogP contribution in [0, 0.1) is 6.92 Å². The van der Waals surface area contributed by atoms with E-state index in [9.17, 15) is 0 Å². The minimum atomic E-state index is 1.13. The van der Waals surface area contributed by atoms with E-state index in [1.54, 1.807) is 0 Å². The molecule has 1 heteroatoms. The van der Waals surface area contributed by atoms with E-state index in [2.05, 4.69) is 102 Å². The van der Waals surface area contributed by atoms with Crippen LogP contribution in [0.3, 0.4) is 0 Å². The highest BCUT2D eigenvalue weighted by Crippen LogP contribution is 2.34. The second-order valence-corrected chi connectivity index (χ2v) is 7.63. The van der Waals surface area contributed by atoms with Gasteiger partial charge in [-0.1, -0.05) is 66.2 Å². The Hall–Kier alpha value is -3.19. The molecule has 0 saturated carbocycles. The van der Waals surface area contributed by atoms with Crippen LogP contribution < -0.4 is 4.57 Å². The van der Waals surface area contributed by atoms with Crippen LogP contribution in [-0.4, -0.2) is 0 Å². The van der Waals surface area contributed by atoms with Crippen molar-refractivity contribution in [3.63, 3.8) is 0 Å². The molecule has 0 spiro atoms. The van der Waals surface area contributed by atoms with E-state index < -0.39 is 0 Å². The lowest BCUT2D eigenvalue weighted by atomic mass is 9.96. The Kier molecular flexibility index (Phi) is 4.29. The van der Waals surface area contributed by atoms with Gasteiger partial charge in [-0.05, 0) is 43.0 Å². The molecule has 0 radical (unpaired) electrons. The molecule has 0 aliphatic heterocycles. The second kappa shape index (κ2) is 7.09. The Balaban J connectivity index is 1.83. The van der Waals surface area contributed by atoms with Crippen LogP contribution in [0.15, 0.2) is 91.0 Å². The Bertz CT molecular complexity index is 1110. The van der Waals surface area contributed by atoms with Crippen LogP contribution >= 0.6 is 0 Å². The number of nitrogens with zero attached hydrogens (tertiary/aromatic N) is 1. The third kappa shape index (κ3) is 2.93. The van der Waals surface area contributed by atoms with E-state index in [-0.39, 0.29) is 0 Å². The molecule has 1 aliphatic rings. The van der Waals surface area contributed by atoms with Gasteiger partial charge in [0.05, 0.1) is 0 Å². The molecule has 1 aliphatic carbocycles. The summed E-state index contributed by atoms with van der Waals surface area (Å²) in [5.74, 6) is 0. The Labute approximate surface area is 166 Å². The van der Waals surface area contributed by atoms with E-state index >= 15 is 0 Å². The molecule has 5 rings (SSSR count). The number of hydrogen-bond acceptors (Lipinski definition) is 0. The van der Waals surface area contributed by atoms with Crippen molar-refractivity contribution in [2.24, 2.45) is 0 Å². The normalized spacial score (nSPS) is 12.8. The highest BCUT2D eigenvalue weighted by Gasteiger charge is 2.31. The fraction of sp³-hybridized carbons (Fsp3) is 0.148. The van der Waals surface area contributed by atoms with E-state index in [4.69, 9.17) is 0 Å². The molecule has 3 aromatic carbocycles. The summed E-state index contributed by atoms with van der Waals surface area (Å²) in [4.78, 5) is 0. The van der Waals surface area contributed by atoms with E-state index in [0.29, 0.717) is 0 Å². The summed E-state index contributed by atoms with van der Waals surface area (Å²) in [5, 5.41) is 0. The van der Waals surface area contributed by atoms with Crippen molar-refractivity contribution in [1.82, 2.24) is 0 Å². The van der Waals surface area contributed by atoms with Gasteiger partial charge in [0.2, 0.25) is 11.4 Å². The summed E-state index contributed by atoms with van der Waals surface area (Å²) in [6.07, 6.45) is 3.50. The number of hydrogen-bond donors (Lipinski definition) is 0. The molecule has 0 fully saturated rings. The maximum atomic E-state index is 2.49. The average Bonchev–Trinajstić information content (AvgIpc) is 3.24. The minimum Gasteiger partial charge on any atom is -0.157 e. The highest BCUT2D eigenvalue weighted by atomic mass is 15.0. The van der Waals surface area contributed by atoms with Crippen molar-refractivity contribution in [1.29, 1.82) is 0 Å². The van der Waals surface area contributed by atoms with Gasteiger partial charge in [-0.2, -0.15) is 4.57 Å². The molecule has 0 bridgehead atoms. The topological polar surface area (TPSA) is 3.88 Å². The SMILES string of the molecule is Cc1ccc(-[n+]2c(-c3ccccc3)cc(-c3ccccc3)c3c2CCC3)cc1. The van der Waals surface area contributed by atoms with Crippen molar-refractivity contribution in [3.8, 4) is 28.1 Å². The Morgan fingerprint density at radius 3 is 2.00 bits per heavy atom. The second-order valence-electron chi connectivity index (χ2n) is 7.63. The predicted molar refractivity (Wildman–Crippen MR) is 116 cm³/mol. The summed E-state index contributed by atoms with van der Waals surface area (Å²) in [7, 11) is 0. The number of aromatic nitrogens is 1. The molecule has 0 saturated heterocycles. The first-order chi connectivity index (χ1) is 13.8. The van der Waals surface area contributed by atoms with Gasteiger partial charge in [-0.15, -0.1) is 0 Å².